The first-order chi connectivity index (χ1) is 13.1. The molecule has 2 bridgehead atoms. The van der Waals surface area contributed by atoms with Crippen LogP contribution in [-0.4, -0.2) is 40.8 Å². The summed E-state index contributed by atoms with van der Waals surface area (Å²) in [7, 11) is 0. The van der Waals surface area contributed by atoms with E-state index in [1.165, 1.54) is 22.3 Å². The van der Waals surface area contributed by atoms with Crippen LogP contribution in [0.2, 0.25) is 0 Å². The number of fused-ring (bicyclic) bond motifs is 5. The fraction of sp³-hybridized carbons (Fsp3) is 0.364. The molecule has 2 aliphatic carbocycles. The second kappa shape index (κ2) is 6.12. The van der Waals surface area contributed by atoms with Gasteiger partial charge in [-0.2, -0.15) is 0 Å². The number of ether oxygens (including phenoxy) is 1. The van der Waals surface area contributed by atoms with Crippen LogP contribution in [-0.2, 0) is 9.53 Å². The fourth-order valence-electron chi connectivity index (χ4n) is 5.04. The van der Waals surface area contributed by atoms with Crippen molar-refractivity contribution in [2.24, 2.45) is 5.92 Å². The van der Waals surface area contributed by atoms with Gasteiger partial charge in [-0.05, 0) is 41.5 Å². The molecule has 138 valence electrons. The van der Waals surface area contributed by atoms with Gasteiger partial charge in [-0.3, -0.25) is 4.79 Å². The van der Waals surface area contributed by atoms with E-state index >= 15 is 0 Å². The van der Waals surface area contributed by atoms with Gasteiger partial charge in [0.05, 0.1) is 5.92 Å². The Morgan fingerprint density at radius 3 is 2.04 bits per heavy atom. The summed E-state index contributed by atoms with van der Waals surface area (Å²) in [5, 5.41) is 9.20. The van der Waals surface area contributed by atoms with Crippen LogP contribution in [0.25, 0.3) is 11.1 Å². The number of aliphatic carboxylic acids is 1. The molecule has 1 saturated carbocycles. The number of carbonyl (C=O) groups excluding carboxylic acids is 1. The normalized spacial score (nSPS) is 25.3. The van der Waals surface area contributed by atoms with Crippen molar-refractivity contribution >= 4 is 12.1 Å². The largest absolute Gasteiger partial charge is 0.481 e. The lowest BCUT2D eigenvalue weighted by atomic mass is 9.74. The molecule has 5 heteroatoms. The molecule has 2 aromatic rings. The van der Waals surface area contributed by atoms with E-state index in [1.54, 1.807) is 4.90 Å². The second-order valence-corrected chi connectivity index (χ2v) is 7.76. The Labute approximate surface area is 157 Å². The summed E-state index contributed by atoms with van der Waals surface area (Å²) in [6.07, 6.45) is 1.67. The number of piperidine rings is 1. The molecule has 0 aromatic heterocycles. The molecule has 1 unspecified atom stereocenters. The number of carbonyl (C=O) groups is 2. The predicted octanol–water partition coefficient (Wildman–Crippen LogP) is 3.87. The summed E-state index contributed by atoms with van der Waals surface area (Å²) in [6.45, 7) is 0.311. The Kier molecular flexibility index (Phi) is 3.71. The van der Waals surface area contributed by atoms with E-state index in [4.69, 9.17) is 4.74 Å². The molecule has 1 amide bonds. The quantitative estimate of drug-likeness (QED) is 0.899. The van der Waals surface area contributed by atoms with Crippen molar-refractivity contribution in [2.45, 2.75) is 37.3 Å². The summed E-state index contributed by atoms with van der Waals surface area (Å²) >= 11 is 0. The molecule has 2 aromatic carbocycles. The highest BCUT2D eigenvalue weighted by Gasteiger charge is 2.50. The lowest BCUT2D eigenvalue weighted by Gasteiger charge is -2.53. The first-order valence-corrected chi connectivity index (χ1v) is 9.49. The topological polar surface area (TPSA) is 66.8 Å². The third-order valence-electron chi connectivity index (χ3n) is 6.34. The number of nitrogens with zero attached hydrogens (tertiary/aromatic N) is 1. The lowest BCUT2D eigenvalue weighted by Crippen LogP contribution is -2.63. The van der Waals surface area contributed by atoms with E-state index in [2.05, 4.69) is 24.3 Å². The monoisotopic (exact) mass is 363 g/mol. The molecule has 3 atom stereocenters. The van der Waals surface area contributed by atoms with E-state index < -0.39 is 5.97 Å². The van der Waals surface area contributed by atoms with Crippen LogP contribution in [0.1, 0.15) is 36.3 Å². The maximum atomic E-state index is 12.7. The van der Waals surface area contributed by atoms with Crippen molar-refractivity contribution in [3.05, 3.63) is 59.7 Å². The highest BCUT2D eigenvalue weighted by atomic mass is 16.6. The maximum absolute atomic E-state index is 12.7. The van der Waals surface area contributed by atoms with Gasteiger partial charge in [0, 0.05) is 18.0 Å². The van der Waals surface area contributed by atoms with Gasteiger partial charge in [-0.1, -0.05) is 48.5 Å². The third-order valence-corrected chi connectivity index (χ3v) is 6.34. The minimum absolute atomic E-state index is 0.0144. The van der Waals surface area contributed by atoms with Crippen LogP contribution in [0, 0.1) is 5.92 Å². The third kappa shape index (κ3) is 2.52. The number of amides is 1. The van der Waals surface area contributed by atoms with Gasteiger partial charge >= 0.3 is 12.1 Å². The molecule has 2 aliphatic heterocycles. The molecule has 4 aliphatic rings. The van der Waals surface area contributed by atoms with Gasteiger partial charge in [-0.25, -0.2) is 4.79 Å². The number of carboxylic acid groups (broad SMARTS) is 1. The van der Waals surface area contributed by atoms with E-state index in [0.717, 1.165) is 6.42 Å². The number of hydrogen-bond acceptors (Lipinski definition) is 3. The first-order valence-electron chi connectivity index (χ1n) is 9.49. The molecule has 0 radical (unpaired) electrons. The summed E-state index contributed by atoms with van der Waals surface area (Å²) in [4.78, 5) is 25.6. The standard InChI is InChI=1S/C22H21NO4/c24-21(25)13-9-14-11-15(10-13)23(14)22(26)27-12-20-18-7-3-1-5-16(18)17-6-2-4-8-19(17)20/h1-8,13-15,20H,9-12H2,(H,24,25)/t13?,14-,15+. The Bertz CT molecular complexity index is 867. The van der Waals surface area contributed by atoms with Crippen LogP contribution in [0.15, 0.2) is 48.5 Å². The van der Waals surface area contributed by atoms with Gasteiger partial charge in [0.25, 0.3) is 0 Å². The highest BCUT2D eigenvalue weighted by Crippen LogP contribution is 2.45. The first kappa shape index (κ1) is 16.4. The molecule has 6 rings (SSSR count). The smallest absolute Gasteiger partial charge is 0.410 e. The highest BCUT2D eigenvalue weighted by molar-refractivity contribution is 5.79. The van der Waals surface area contributed by atoms with Crippen molar-refractivity contribution < 1.29 is 19.4 Å². The zero-order valence-electron chi connectivity index (χ0n) is 14.9. The molecular formula is C22H21NO4. The Morgan fingerprint density at radius 1 is 0.926 bits per heavy atom. The Morgan fingerprint density at radius 2 is 1.48 bits per heavy atom. The van der Waals surface area contributed by atoms with Gasteiger partial charge in [-0.15, -0.1) is 0 Å². The van der Waals surface area contributed by atoms with Crippen LogP contribution in [0.3, 0.4) is 0 Å². The number of benzene rings is 2. The van der Waals surface area contributed by atoms with Gasteiger partial charge in [0.15, 0.2) is 0 Å². The van der Waals surface area contributed by atoms with Crippen LogP contribution >= 0.6 is 0 Å². The molecular weight excluding hydrogens is 342 g/mol. The van der Waals surface area contributed by atoms with Crippen molar-refractivity contribution in [3.8, 4) is 11.1 Å². The molecule has 5 nitrogen and oxygen atoms in total. The minimum Gasteiger partial charge on any atom is -0.481 e. The lowest BCUT2D eigenvalue weighted by molar-refractivity contribution is -0.148. The zero-order valence-corrected chi connectivity index (χ0v) is 14.9. The zero-order chi connectivity index (χ0) is 18.5. The van der Waals surface area contributed by atoms with Crippen molar-refractivity contribution in [2.75, 3.05) is 6.61 Å². The fourth-order valence-corrected chi connectivity index (χ4v) is 5.04. The molecule has 1 N–H and O–H groups in total. The summed E-state index contributed by atoms with van der Waals surface area (Å²) in [5.41, 5.74) is 4.81. The Hall–Kier alpha value is -2.82. The van der Waals surface area contributed by atoms with Crippen LogP contribution < -0.4 is 0 Å². The van der Waals surface area contributed by atoms with E-state index in [1.807, 2.05) is 24.3 Å². The summed E-state index contributed by atoms with van der Waals surface area (Å²) in [6, 6.07) is 16.6. The van der Waals surface area contributed by atoms with Crippen molar-refractivity contribution in [1.82, 2.24) is 4.90 Å². The van der Waals surface area contributed by atoms with Crippen molar-refractivity contribution in [1.29, 1.82) is 0 Å². The second-order valence-electron chi connectivity index (χ2n) is 7.76. The van der Waals surface area contributed by atoms with Crippen LogP contribution in [0.5, 0.6) is 0 Å². The molecule has 2 heterocycles. The average Bonchev–Trinajstić information content (AvgIpc) is 3.00. The number of hydrogen-bond donors (Lipinski definition) is 1. The molecule has 27 heavy (non-hydrogen) atoms. The number of rotatable bonds is 3. The predicted molar refractivity (Wildman–Crippen MR) is 99.5 cm³/mol. The minimum atomic E-state index is -0.753. The molecule has 2 saturated heterocycles. The van der Waals surface area contributed by atoms with E-state index in [-0.39, 0.29) is 30.0 Å². The van der Waals surface area contributed by atoms with E-state index in [0.29, 0.717) is 19.4 Å². The van der Waals surface area contributed by atoms with Gasteiger partial charge < -0.3 is 14.7 Å². The van der Waals surface area contributed by atoms with Crippen LogP contribution in [0.4, 0.5) is 4.79 Å². The maximum Gasteiger partial charge on any atom is 0.410 e. The SMILES string of the molecule is O=C(O)C1C[C@@H]2C[C@H](C1)N2C(=O)OCC1c2ccccc2-c2ccccc21. The van der Waals surface area contributed by atoms with E-state index in [9.17, 15) is 14.7 Å². The Balaban J connectivity index is 1.30. The molecule has 3 fully saturated rings. The molecule has 0 spiro atoms. The number of carboxylic acids is 1. The van der Waals surface area contributed by atoms with Gasteiger partial charge in [0.1, 0.15) is 6.61 Å². The van der Waals surface area contributed by atoms with Gasteiger partial charge in [0.2, 0.25) is 0 Å². The average molecular weight is 363 g/mol. The summed E-state index contributed by atoms with van der Waals surface area (Å²) in [5.74, 6) is -1.03. The summed E-state index contributed by atoms with van der Waals surface area (Å²) < 4.78 is 5.72. The van der Waals surface area contributed by atoms with Crippen molar-refractivity contribution in [3.63, 3.8) is 0 Å².